The van der Waals surface area contributed by atoms with Crippen LogP contribution in [-0.2, 0) is 20.0 Å². The average Bonchev–Trinajstić information content (AvgIpc) is 2.53. The molecule has 0 aromatic carbocycles. The molecule has 0 spiro atoms. The number of hydrogen-bond donors (Lipinski definition) is 0. The number of quaternary nitrogens is 1. The van der Waals surface area contributed by atoms with Crippen LogP contribution in [0.5, 0.6) is 0 Å². The number of sulfonamides is 2. The summed E-state index contributed by atoms with van der Waals surface area (Å²) in [6.45, 7) is 14.6. The first-order valence-corrected chi connectivity index (χ1v) is 11.7. The highest BCUT2D eigenvalue weighted by molar-refractivity contribution is 8.13. The molecule has 0 N–H and O–H groups in total. The van der Waals surface area contributed by atoms with Gasteiger partial charge in [-0.1, -0.05) is 27.2 Å². The molecule has 176 valence electrons. The summed E-state index contributed by atoms with van der Waals surface area (Å²) in [6, 6.07) is 0. The Kier molecular flexibility index (Phi) is 12.7. The van der Waals surface area contributed by atoms with E-state index >= 15 is 0 Å². The fourth-order valence-corrected chi connectivity index (χ4v) is 4.10. The summed E-state index contributed by atoms with van der Waals surface area (Å²) in [7, 11) is -13.4. The number of alkyl halides is 6. The van der Waals surface area contributed by atoms with Gasteiger partial charge >= 0.3 is 11.0 Å². The molecule has 0 atom stereocenters. The van der Waals surface area contributed by atoms with Crippen molar-refractivity contribution in [1.82, 2.24) is 0 Å². The summed E-state index contributed by atoms with van der Waals surface area (Å²) in [5, 5.41) is 0. The topological polar surface area (TPSA) is 82.4 Å². The maximum absolute atomic E-state index is 11.4. The molecule has 0 aromatic rings. The number of unbranched alkanes of at least 4 members (excludes halogenated alkanes) is 2. The summed E-state index contributed by atoms with van der Waals surface area (Å²) in [5.74, 6) is 0. The largest absolute Gasteiger partial charge is 0.480 e. The fraction of sp³-hybridized carbons (Fsp3) is 0.867. The Hall–Kier alpha value is -0.860. The van der Waals surface area contributed by atoms with Gasteiger partial charge in [0.1, 0.15) is 0 Å². The minimum Gasteiger partial charge on any atom is -0.421 e. The second-order valence-electron chi connectivity index (χ2n) is 6.20. The molecule has 0 radical (unpaired) electrons. The summed E-state index contributed by atoms with van der Waals surface area (Å²) < 4.78 is 110. The van der Waals surface area contributed by atoms with Crippen LogP contribution in [0, 0.1) is 0 Å². The van der Waals surface area contributed by atoms with Crippen LogP contribution < -0.4 is 0 Å². The number of rotatable bonds is 11. The van der Waals surface area contributed by atoms with Gasteiger partial charge in [0.05, 0.1) is 25.8 Å². The van der Waals surface area contributed by atoms with E-state index in [-0.39, 0.29) is 0 Å². The van der Waals surface area contributed by atoms with Gasteiger partial charge in [-0.25, -0.2) is 16.8 Å². The molecule has 0 aromatic heterocycles. The summed E-state index contributed by atoms with van der Waals surface area (Å²) in [4.78, 5) is 0. The lowest BCUT2D eigenvalue weighted by Crippen LogP contribution is -2.44. The SMILES string of the molecule is C=C[N+](CCC)(CCC)CCCCC.O=S(=O)([N-]S(=O)(=O)C(F)(F)F)C(F)(F)F. The van der Waals surface area contributed by atoms with Crippen LogP contribution in [-0.4, -0.2) is 52.0 Å². The average molecular weight is 479 g/mol. The van der Waals surface area contributed by atoms with E-state index in [9.17, 15) is 43.2 Å². The molecule has 0 amide bonds. The molecule has 0 saturated carbocycles. The van der Waals surface area contributed by atoms with E-state index in [0.717, 1.165) is 8.61 Å². The van der Waals surface area contributed by atoms with Crippen molar-refractivity contribution in [3.05, 3.63) is 16.9 Å². The smallest absolute Gasteiger partial charge is 0.421 e. The van der Waals surface area contributed by atoms with Crippen LogP contribution in [0.1, 0.15) is 52.9 Å². The normalized spacial score (nSPS) is 13.6. The highest BCUT2D eigenvalue weighted by Crippen LogP contribution is 2.36. The molecule has 0 aliphatic carbocycles. The highest BCUT2D eigenvalue weighted by atomic mass is 32.3. The zero-order chi connectivity index (χ0) is 23.6. The first-order valence-electron chi connectivity index (χ1n) is 8.81. The van der Waals surface area contributed by atoms with Crippen LogP contribution in [0.2, 0.25) is 0 Å². The van der Waals surface area contributed by atoms with Crippen molar-refractivity contribution in [2.75, 3.05) is 19.6 Å². The predicted molar refractivity (Wildman–Crippen MR) is 98.5 cm³/mol. The minimum absolute atomic E-state index is 0.778. The molecular weight excluding hydrogens is 450 g/mol. The van der Waals surface area contributed by atoms with Crippen molar-refractivity contribution < 1.29 is 47.7 Å². The van der Waals surface area contributed by atoms with E-state index in [1.165, 1.54) is 51.7 Å². The zero-order valence-corrected chi connectivity index (χ0v) is 18.2. The molecule has 29 heavy (non-hydrogen) atoms. The van der Waals surface area contributed by atoms with Gasteiger partial charge in [0.25, 0.3) is 0 Å². The third-order valence-corrected chi connectivity index (χ3v) is 6.45. The quantitative estimate of drug-likeness (QED) is 0.237. The number of halogens is 6. The fourth-order valence-electron chi connectivity index (χ4n) is 2.39. The molecule has 0 fully saturated rings. The van der Waals surface area contributed by atoms with E-state index in [1.54, 1.807) is 0 Å². The molecule has 0 saturated heterocycles. The van der Waals surface area contributed by atoms with Gasteiger partial charge in [-0.2, -0.15) is 26.3 Å². The summed E-state index contributed by atoms with van der Waals surface area (Å²) >= 11 is 0. The third-order valence-electron chi connectivity index (χ3n) is 3.71. The van der Waals surface area contributed by atoms with Gasteiger partial charge in [-0.15, -0.1) is 0 Å². The Morgan fingerprint density at radius 1 is 0.759 bits per heavy atom. The minimum atomic E-state index is -6.72. The molecule has 6 nitrogen and oxygen atoms in total. The van der Waals surface area contributed by atoms with Crippen LogP contribution in [0.3, 0.4) is 0 Å². The van der Waals surface area contributed by atoms with E-state index in [0.29, 0.717) is 0 Å². The van der Waals surface area contributed by atoms with Crippen molar-refractivity contribution in [3.8, 4) is 0 Å². The molecular formula is C15H28F6N2O4S2. The lowest BCUT2D eigenvalue weighted by atomic mass is 10.2. The molecule has 0 rings (SSSR count). The summed E-state index contributed by atoms with van der Waals surface area (Å²) in [6.07, 6.45) is 8.72. The Bertz CT molecular complexity index is 641. The van der Waals surface area contributed by atoms with Gasteiger partial charge in [-0.05, 0) is 32.3 Å². The van der Waals surface area contributed by atoms with Gasteiger partial charge in [0.15, 0.2) is 20.0 Å². The molecule has 0 bridgehead atoms. The number of nitrogens with zero attached hydrogens (tertiary/aromatic N) is 2. The van der Waals surface area contributed by atoms with E-state index in [4.69, 9.17) is 0 Å². The van der Waals surface area contributed by atoms with Crippen molar-refractivity contribution in [1.29, 1.82) is 0 Å². The predicted octanol–water partition coefficient (Wildman–Crippen LogP) is 5.02. The maximum atomic E-state index is 11.4. The van der Waals surface area contributed by atoms with Crippen molar-refractivity contribution in [3.63, 3.8) is 0 Å². The van der Waals surface area contributed by atoms with E-state index in [2.05, 4.69) is 33.6 Å². The van der Waals surface area contributed by atoms with Crippen LogP contribution in [0.4, 0.5) is 26.3 Å². The van der Waals surface area contributed by atoms with Crippen molar-refractivity contribution in [2.24, 2.45) is 0 Å². The van der Waals surface area contributed by atoms with Gasteiger partial charge in [0, 0.05) is 0 Å². The Balaban J connectivity index is 0. The van der Waals surface area contributed by atoms with Crippen LogP contribution in [0.25, 0.3) is 4.13 Å². The van der Waals surface area contributed by atoms with Crippen LogP contribution in [0.15, 0.2) is 12.8 Å². The second-order valence-corrected chi connectivity index (χ2v) is 9.62. The van der Waals surface area contributed by atoms with Crippen LogP contribution >= 0.6 is 0 Å². The Labute approximate surface area is 168 Å². The first-order chi connectivity index (χ1) is 12.9. The number of hydrogen-bond acceptors (Lipinski definition) is 4. The second kappa shape index (κ2) is 12.1. The van der Waals surface area contributed by atoms with E-state index in [1.807, 2.05) is 0 Å². The van der Waals surface area contributed by atoms with Gasteiger partial charge in [0.2, 0.25) is 0 Å². The van der Waals surface area contributed by atoms with E-state index < -0.39 is 31.1 Å². The highest BCUT2D eigenvalue weighted by Gasteiger charge is 2.46. The van der Waals surface area contributed by atoms with Gasteiger partial charge in [-0.3, -0.25) is 4.48 Å². The molecule has 0 heterocycles. The summed E-state index contributed by atoms with van der Waals surface area (Å²) in [5.41, 5.74) is -12.4. The monoisotopic (exact) mass is 478 g/mol. The molecule has 0 unspecified atom stereocenters. The van der Waals surface area contributed by atoms with Crippen molar-refractivity contribution >= 4 is 20.0 Å². The zero-order valence-electron chi connectivity index (χ0n) is 16.6. The first kappa shape index (κ1) is 30.3. The maximum Gasteiger partial charge on any atom is 0.480 e. The molecule has 0 aliphatic rings. The van der Waals surface area contributed by atoms with Gasteiger partial charge < -0.3 is 4.13 Å². The lowest BCUT2D eigenvalue weighted by Gasteiger charge is -2.34. The Morgan fingerprint density at radius 2 is 1.14 bits per heavy atom. The molecule has 14 heteroatoms. The molecule has 0 aliphatic heterocycles. The third kappa shape index (κ3) is 10.6. The standard InChI is InChI=1S/C13H28N.C2F6NO4S2/c1-5-9-10-13-14(8-4,11-6-2)12-7-3;3-1(4,5)14(10,11)9-15(12,13)2(6,7)8/h8H,4-7,9-13H2,1-3H3;/q+1;-1. The Morgan fingerprint density at radius 3 is 1.38 bits per heavy atom. The van der Waals surface area contributed by atoms with Crippen molar-refractivity contribution in [2.45, 2.75) is 63.9 Å². The lowest BCUT2D eigenvalue weighted by molar-refractivity contribution is -0.879.